The van der Waals surface area contributed by atoms with E-state index in [2.05, 4.69) is 33.0 Å². The van der Waals surface area contributed by atoms with Crippen LogP contribution in [0.15, 0.2) is 24.3 Å². The molecule has 9 nitrogen and oxygen atoms in total. The van der Waals surface area contributed by atoms with Crippen molar-refractivity contribution in [2.45, 2.75) is 98.3 Å². The van der Waals surface area contributed by atoms with Crippen LogP contribution in [0.25, 0.3) is 6.08 Å². The SMILES string of the molecule is CCS(=O)CCC(NC(=O)/C=C/c1ccc(O)c(OC)c1)C(=O)N1CCCC1C(=O)OC(C)CC1CCC(C)(C)C1(C)C. The Hall–Kier alpha value is -2.88. The number of nitrogens with one attached hydrogen (secondary N) is 1. The Morgan fingerprint density at radius 2 is 1.93 bits per heavy atom. The van der Waals surface area contributed by atoms with Crippen LogP contribution in [0.5, 0.6) is 11.5 Å². The molecule has 1 saturated heterocycles. The number of benzene rings is 1. The van der Waals surface area contributed by atoms with E-state index in [1.165, 1.54) is 24.2 Å². The van der Waals surface area contributed by atoms with E-state index in [1.807, 2.05) is 13.8 Å². The molecule has 1 aliphatic heterocycles. The maximum Gasteiger partial charge on any atom is 0.329 e. The molecule has 1 aromatic rings. The van der Waals surface area contributed by atoms with Gasteiger partial charge in [-0.15, -0.1) is 0 Å². The molecule has 2 fully saturated rings. The van der Waals surface area contributed by atoms with Crippen molar-refractivity contribution in [1.82, 2.24) is 10.2 Å². The molecule has 43 heavy (non-hydrogen) atoms. The zero-order valence-corrected chi connectivity index (χ0v) is 27.6. The summed E-state index contributed by atoms with van der Waals surface area (Å²) >= 11 is 0. The van der Waals surface area contributed by atoms with Crippen molar-refractivity contribution in [3.05, 3.63) is 29.8 Å². The molecule has 2 aliphatic rings. The lowest BCUT2D eigenvalue weighted by molar-refractivity contribution is -0.159. The van der Waals surface area contributed by atoms with Crippen molar-refractivity contribution in [2.24, 2.45) is 16.7 Å². The maximum atomic E-state index is 13.7. The van der Waals surface area contributed by atoms with Gasteiger partial charge in [-0.25, -0.2) is 4.79 Å². The Morgan fingerprint density at radius 1 is 1.21 bits per heavy atom. The van der Waals surface area contributed by atoms with Crippen LogP contribution in [0.1, 0.15) is 85.6 Å². The third-order valence-electron chi connectivity index (χ3n) is 9.83. The number of rotatable bonds is 13. The number of methoxy groups -OCH3 is 1. The molecule has 10 heteroatoms. The molecule has 240 valence electrons. The third-order valence-corrected chi connectivity index (χ3v) is 11.2. The summed E-state index contributed by atoms with van der Waals surface area (Å²) in [6.07, 6.45) is 6.96. The molecule has 3 rings (SSSR count). The van der Waals surface area contributed by atoms with Gasteiger partial charge in [0.15, 0.2) is 11.5 Å². The highest BCUT2D eigenvalue weighted by Gasteiger charge is 2.49. The van der Waals surface area contributed by atoms with Gasteiger partial charge in [-0.05, 0) is 86.0 Å². The number of nitrogens with zero attached hydrogens (tertiary/aromatic N) is 1. The van der Waals surface area contributed by atoms with Crippen molar-refractivity contribution in [2.75, 3.05) is 25.2 Å². The fourth-order valence-corrected chi connectivity index (χ4v) is 7.01. The Balaban J connectivity index is 1.67. The smallest absolute Gasteiger partial charge is 0.329 e. The number of esters is 1. The van der Waals surface area contributed by atoms with E-state index in [-0.39, 0.29) is 46.5 Å². The van der Waals surface area contributed by atoms with Gasteiger partial charge in [-0.2, -0.15) is 0 Å². The van der Waals surface area contributed by atoms with Gasteiger partial charge in [0.1, 0.15) is 12.1 Å². The van der Waals surface area contributed by atoms with E-state index >= 15 is 0 Å². The molecular formula is C33H50N2O7S. The normalized spacial score (nSPS) is 23.1. The topological polar surface area (TPSA) is 122 Å². The minimum absolute atomic E-state index is 0.0157. The molecule has 1 heterocycles. The lowest BCUT2D eigenvalue weighted by Crippen LogP contribution is -2.52. The number of carbonyl (C=O) groups is 3. The third kappa shape index (κ3) is 8.61. The maximum absolute atomic E-state index is 13.7. The summed E-state index contributed by atoms with van der Waals surface area (Å²) in [5.41, 5.74) is 0.986. The fourth-order valence-electron chi connectivity index (χ4n) is 6.23. The second-order valence-corrected chi connectivity index (χ2v) is 14.9. The van der Waals surface area contributed by atoms with Gasteiger partial charge in [0.05, 0.1) is 13.2 Å². The first-order chi connectivity index (χ1) is 20.2. The quantitative estimate of drug-likeness (QED) is 0.240. The molecule has 0 bridgehead atoms. The second-order valence-electron chi connectivity index (χ2n) is 13.1. The van der Waals surface area contributed by atoms with Gasteiger partial charge in [0, 0.05) is 34.9 Å². The predicted octanol–water partition coefficient (Wildman–Crippen LogP) is 4.83. The minimum Gasteiger partial charge on any atom is -0.504 e. The van der Waals surface area contributed by atoms with Crippen molar-refractivity contribution in [1.29, 1.82) is 0 Å². The number of phenols is 1. The first-order valence-corrected chi connectivity index (χ1v) is 16.9. The van der Waals surface area contributed by atoms with Crippen LogP contribution in [0.2, 0.25) is 0 Å². The molecule has 1 saturated carbocycles. The largest absolute Gasteiger partial charge is 0.504 e. The van der Waals surface area contributed by atoms with Gasteiger partial charge < -0.3 is 24.8 Å². The van der Waals surface area contributed by atoms with Crippen molar-refractivity contribution in [3.63, 3.8) is 0 Å². The van der Waals surface area contributed by atoms with Crippen LogP contribution in [0, 0.1) is 16.7 Å². The van der Waals surface area contributed by atoms with Crippen LogP contribution >= 0.6 is 0 Å². The number of aromatic hydroxyl groups is 1. The molecule has 2 N–H and O–H groups in total. The minimum atomic E-state index is -1.13. The number of likely N-dealkylation sites (tertiary alicyclic amines) is 1. The van der Waals surface area contributed by atoms with E-state index in [4.69, 9.17) is 9.47 Å². The van der Waals surface area contributed by atoms with Gasteiger partial charge in [0.25, 0.3) is 0 Å². The van der Waals surface area contributed by atoms with Gasteiger partial charge in [-0.1, -0.05) is 40.7 Å². The highest BCUT2D eigenvalue weighted by atomic mass is 32.2. The van der Waals surface area contributed by atoms with Crippen LogP contribution in [-0.2, 0) is 29.9 Å². The number of hydrogen-bond acceptors (Lipinski definition) is 7. The number of carbonyl (C=O) groups excluding carboxylic acids is 3. The summed E-state index contributed by atoms with van der Waals surface area (Å²) < 4.78 is 23.3. The Labute approximate surface area is 259 Å². The van der Waals surface area contributed by atoms with E-state index in [1.54, 1.807) is 18.2 Å². The zero-order valence-electron chi connectivity index (χ0n) is 26.8. The first kappa shape index (κ1) is 34.6. The molecular weight excluding hydrogens is 568 g/mol. The fraction of sp³-hybridized carbons (Fsp3) is 0.667. The predicted molar refractivity (Wildman–Crippen MR) is 169 cm³/mol. The molecule has 1 aromatic carbocycles. The van der Waals surface area contributed by atoms with Crippen LogP contribution in [0.4, 0.5) is 0 Å². The van der Waals surface area contributed by atoms with Crippen molar-refractivity contribution < 1.29 is 33.2 Å². The molecule has 5 unspecified atom stereocenters. The van der Waals surface area contributed by atoms with E-state index in [0.29, 0.717) is 36.6 Å². The molecule has 1 aliphatic carbocycles. The molecule has 5 atom stereocenters. The van der Waals surface area contributed by atoms with Gasteiger partial charge in [0.2, 0.25) is 11.8 Å². The van der Waals surface area contributed by atoms with E-state index < -0.39 is 34.8 Å². The summed E-state index contributed by atoms with van der Waals surface area (Å²) in [5.74, 6) is 0.127. The highest BCUT2D eigenvalue weighted by molar-refractivity contribution is 7.84. The monoisotopic (exact) mass is 618 g/mol. The van der Waals surface area contributed by atoms with E-state index in [9.17, 15) is 23.7 Å². The molecule has 2 amide bonds. The zero-order chi connectivity index (χ0) is 31.9. The van der Waals surface area contributed by atoms with Crippen LogP contribution in [0.3, 0.4) is 0 Å². The lowest BCUT2D eigenvalue weighted by Gasteiger charge is -2.40. The average molecular weight is 619 g/mol. The standard InChI is InChI=1S/C33H50N2O7S/c1-8-43(40)19-16-25(34-29(37)14-12-23-11-13-27(36)28(21-23)41-7)30(38)35-18-9-10-26(35)31(39)42-22(2)20-24-15-17-32(3,4)33(24,5)6/h11-14,21-22,24-26,36H,8-10,15-20H2,1-7H3,(H,34,37)/b14-12+. The van der Waals surface area contributed by atoms with Crippen molar-refractivity contribution in [3.8, 4) is 11.5 Å². The first-order valence-electron chi connectivity index (χ1n) is 15.4. The summed E-state index contributed by atoms with van der Waals surface area (Å²) in [4.78, 5) is 41.5. The summed E-state index contributed by atoms with van der Waals surface area (Å²) in [6, 6.07) is 3.03. The summed E-state index contributed by atoms with van der Waals surface area (Å²) in [6.45, 7) is 13.3. The van der Waals surface area contributed by atoms with Gasteiger partial charge in [-0.3, -0.25) is 13.8 Å². The number of amides is 2. The van der Waals surface area contributed by atoms with Crippen LogP contribution in [-0.4, -0.2) is 75.3 Å². The molecule has 0 radical (unpaired) electrons. The Morgan fingerprint density at radius 3 is 2.56 bits per heavy atom. The van der Waals surface area contributed by atoms with Crippen molar-refractivity contribution >= 4 is 34.7 Å². The second kappa shape index (κ2) is 14.7. The number of phenolic OH excluding ortho intramolecular Hbond substituents is 1. The molecule has 0 aromatic heterocycles. The highest BCUT2D eigenvalue weighted by Crippen LogP contribution is 2.57. The lowest BCUT2D eigenvalue weighted by atomic mass is 9.66. The summed E-state index contributed by atoms with van der Waals surface area (Å²) in [5, 5.41) is 12.6. The van der Waals surface area contributed by atoms with E-state index in [0.717, 1.165) is 19.3 Å². The summed E-state index contributed by atoms with van der Waals surface area (Å²) in [7, 11) is 0.306. The molecule has 0 spiro atoms. The van der Waals surface area contributed by atoms with Gasteiger partial charge >= 0.3 is 5.97 Å². The average Bonchev–Trinajstić information content (AvgIpc) is 3.53. The number of hydrogen-bond donors (Lipinski definition) is 2. The Bertz CT molecular complexity index is 1210. The number of ether oxygens (including phenoxy) is 2. The Kier molecular flexibility index (Phi) is 11.9. The van der Waals surface area contributed by atoms with Crippen LogP contribution < -0.4 is 10.1 Å².